The molecule has 1 aromatic carbocycles. The van der Waals surface area contributed by atoms with E-state index in [0.29, 0.717) is 13.0 Å². The zero-order valence-electron chi connectivity index (χ0n) is 12.2. The fourth-order valence-electron chi connectivity index (χ4n) is 2.05. The molecular formula is C16H25N3O. The van der Waals surface area contributed by atoms with E-state index in [9.17, 15) is 5.11 Å². The maximum atomic E-state index is 10.0. The Bertz CT molecular complexity index is 415. The van der Waals surface area contributed by atoms with Gasteiger partial charge in [-0.25, -0.2) is 0 Å². The van der Waals surface area contributed by atoms with Gasteiger partial charge in [0.15, 0.2) is 5.96 Å². The van der Waals surface area contributed by atoms with Crippen molar-refractivity contribution in [2.45, 2.75) is 32.3 Å². The van der Waals surface area contributed by atoms with E-state index in [1.165, 1.54) is 12.8 Å². The number of aliphatic hydroxyl groups excluding tert-OH is 1. The average molecular weight is 275 g/mol. The lowest BCUT2D eigenvalue weighted by Gasteiger charge is -2.13. The lowest BCUT2D eigenvalue weighted by molar-refractivity contribution is 0.183. The summed E-state index contributed by atoms with van der Waals surface area (Å²) in [5.41, 5.74) is 1.14. The first-order valence-corrected chi connectivity index (χ1v) is 7.52. The number of nitrogens with one attached hydrogen (secondary N) is 2. The molecule has 4 heteroatoms. The van der Waals surface area contributed by atoms with Crippen LogP contribution in [0.25, 0.3) is 0 Å². The third-order valence-corrected chi connectivity index (χ3v) is 3.37. The number of hydrogen-bond donors (Lipinski definition) is 3. The Balaban J connectivity index is 1.77. The normalized spacial score (nSPS) is 16.8. The number of aliphatic imine (C=N–C) groups is 1. The predicted molar refractivity (Wildman–Crippen MR) is 82.9 cm³/mol. The lowest BCUT2D eigenvalue weighted by Crippen LogP contribution is -2.39. The van der Waals surface area contributed by atoms with Crippen molar-refractivity contribution >= 4 is 5.96 Å². The molecular weight excluding hydrogens is 250 g/mol. The Morgan fingerprint density at radius 1 is 1.30 bits per heavy atom. The van der Waals surface area contributed by atoms with E-state index in [-0.39, 0.29) is 0 Å². The highest BCUT2D eigenvalue weighted by molar-refractivity contribution is 5.79. The van der Waals surface area contributed by atoms with Crippen LogP contribution in [0.4, 0.5) is 0 Å². The first-order chi connectivity index (χ1) is 9.78. The number of benzene rings is 1. The highest BCUT2D eigenvalue weighted by Gasteiger charge is 2.21. The van der Waals surface area contributed by atoms with Gasteiger partial charge in [-0.3, -0.25) is 4.99 Å². The molecule has 0 aliphatic heterocycles. The molecule has 3 N–H and O–H groups in total. The Morgan fingerprint density at radius 3 is 2.70 bits per heavy atom. The Hall–Kier alpha value is -1.55. The lowest BCUT2D eigenvalue weighted by atomic mass is 10.1. The zero-order valence-corrected chi connectivity index (χ0v) is 12.2. The number of rotatable bonds is 7. The second-order valence-corrected chi connectivity index (χ2v) is 5.39. The van der Waals surface area contributed by atoms with Crippen molar-refractivity contribution in [2.75, 3.05) is 19.6 Å². The maximum Gasteiger partial charge on any atom is 0.191 e. The summed E-state index contributed by atoms with van der Waals surface area (Å²) in [5, 5.41) is 16.6. The van der Waals surface area contributed by atoms with Gasteiger partial charge in [-0.15, -0.1) is 0 Å². The second-order valence-electron chi connectivity index (χ2n) is 5.39. The van der Waals surface area contributed by atoms with Crippen molar-refractivity contribution in [1.29, 1.82) is 0 Å². The number of hydrogen-bond acceptors (Lipinski definition) is 2. The molecule has 0 bridgehead atoms. The van der Waals surface area contributed by atoms with E-state index in [1.54, 1.807) is 0 Å². The van der Waals surface area contributed by atoms with Gasteiger partial charge in [-0.05, 0) is 31.2 Å². The number of nitrogens with zero attached hydrogens (tertiary/aromatic N) is 1. The largest absolute Gasteiger partial charge is 0.391 e. The maximum absolute atomic E-state index is 10.0. The summed E-state index contributed by atoms with van der Waals surface area (Å²) >= 11 is 0. The molecule has 0 heterocycles. The molecule has 4 nitrogen and oxygen atoms in total. The van der Waals surface area contributed by atoms with Gasteiger partial charge in [0.05, 0.1) is 12.6 Å². The third-order valence-electron chi connectivity index (χ3n) is 3.37. The van der Waals surface area contributed by atoms with E-state index in [1.807, 2.05) is 30.3 Å². The van der Waals surface area contributed by atoms with Crippen LogP contribution < -0.4 is 10.6 Å². The topological polar surface area (TPSA) is 56.7 Å². The smallest absolute Gasteiger partial charge is 0.191 e. The second kappa shape index (κ2) is 7.90. The van der Waals surface area contributed by atoms with E-state index in [0.717, 1.165) is 30.5 Å². The molecule has 0 radical (unpaired) electrons. The molecule has 1 atom stereocenters. The van der Waals surface area contributed by atoms with Crippen molar-refractivity contribution in [3.63, 3.8) is 0 Å². The van der Waals surface area contributed by atoms with Gasteiger partial charge >= 0.3 is 0 Å². The van der Waals surface area contributed by atoms with Gasteiger partial charge in [0, 0.05) is 19.5 Å². The molecule has 0 spiro atoms. The molecule has 110 valence electrons. The number of guanidine groups is 1. The standard InChI is InChI=1S/C16H25N3O/c1-2-17-16(18-11-14-8-9-14)19-12-15(20)10-13-6-4-3-5-7-13/h3-7,14-15,20H,2,8-12H2,1H3,(H2,17,18,19). The molecule has 0 saturated heterocycles. The van der Waals surface area contributed by atoms with Gasteiger partial charge in [0.25, 0.3) is 0 Å². The molecule has 2 rings (SSSR count). The molecule has 1 unspecified atom stereocenters. The van der Waals surface area contributed by atoms with E-state index in [4.69, 9.17) is 0 Å². The van der Waals surface area contributed by atoms with Crippen LogP contribution in [0, 0.1) is 5.92 Å². The summed E-state index contributed by atoms with van der Waals surface area (Å²) in [4.78, 5) is 4.45. The first-order valence-electron chi connectivity index (χ1n) is 7.52. The highest BCUT2D eigenvalue weighted by Crippen LogP contribution is 2.27. The van der Waals surface area contributed by atoms with E-state index < -0.39 is 6.10 Å². The van der Waals surface area contributed by atoms with Crippen LogP contribution in [0.5, 0.6) is 0 Å². The van der Waals surface area contributed by atoms with Crippen LogP contribution in [0.3, 0.4) is 0 Å². The molecule has 1 saturated carbocycles. The average Bonchev–Trinajstić information content (AvgIpc) is 3.27. The van der Waals surface area contributed by atoms with Crippen LogP contribution in [0.2, 0.25) is 0 Å². The van der Waals surface area contributed by atoms with Crippen LogP contribution >= 0.6 is 0 Å². The highest BCUT2D eigenvalue weighted by atomic mass is 16.3. The minimum absolute atomic E-state index is 0.425. The summed E-state index contributed by atoms with van der Waals surface area (Å²) in [6, 6.07) is 10.0. The quantitative estimate of drug-likeness (QED) is 0.523. The Labute approximate surface area is 121 Å². The monoisotopic (exact) mass is 275 g/mol. The minimum atomic E-state index is -0.436. The van der Waals surface area contributed by atoms with Gasteiger partial charge in [-0.1, -0.05) is 30.3 Å². The summed E-state index contributed by atoms with van der Waals surface area (Å²) in [6.07, 6.45) is 2.85. The van der Waals surface area contributed by atoms with Crippen LogP contribution in [-0.2, 0) is 6.42 Å². The Kier molecular flexibility index (Phi) is 5.87. The van der Waals surface area contributed by atoms with E-state index >= 15 is 0 Å². The molecule has 1 fully saturated rings. The third kappa shape index (κ3) is 5.61. The summed E-state index contributed by atoms with van der Waals surface area (Å²) in [7, 11) is 0. The molecule has 0 amide bonds. The van der Waals surface area contributed by atoms with Crippen LogP contribution in [0.1, 0.15) is 25.3 Å². The minimum Gasteiger partial charge on any atom is -0.391 e. The molecule has 1 aliphatic carbocycles. The fourth-order valence-corrected chi connectivity index (χ4v) is 2.05. The SMILES string of the molecule is CCNC(=NCC(O)Cc1ccccc1)NCC1CC1. The molecule has 1 aromatic rings. The fraction of sp³-hybridized carbons (Fsp3) is 0.562. The zero-order chi connectivity index (χ0) is 14.2. The predicted octanol–water partition coefficient (Wildman–Crippen LogP) is 1.56. The van der Waals surface area contributed by atoms with Gasteiger partial charge in [0.2, 0.25) is 0 Å². The number of aliphatic hydroxyl groups is 1. The van der Waals surface area contributed by atoms with Crippen LogP contribution in [0.15, 0.2) is 35.3 Å². The van der Waals surface area contributed by atoms with Crippen molar-refractivity contribution < 1.29 is 5.11 Å². The Morgan fingerprint density at radius 2 is 2.05 bits per heavy atom. The van der Waals surface area contributed by atoms with Crippen molar-refractivity contribution in [3.8, 4) is 0 Å². The molecule has 20 heavy (non-hydrogen) atoms. The van der Waals surface area contributed by atoms with Gasteiger partial charge < -0.3 is 15.7 Å². The van der Waals surface area contributed by atoms with Crippen molar-refractivity contribution in [1.82, 2.24) is 10.6 Å². The molecule has 0 aromatic heterocycles. The van der Waals surface area contributed by atoms with Crippen molar-refractivity contribution in [3.05, 3.63) is 35.9 Å². The first kappa shape index (κ1) is 14.9. The summed E-state index contributed by atoms with van der Waals surface area (Å²) in [5.74, 6) is 1.62. The van der Waals surface area contributed by atoms with Crippen LogP contribution in [-0.4, -0.2) is 36.8 Å². The summed E-state index contributed by atoms with van der Waals surface area (Å²) < 4.78 is 0. The summed E-state index contributed by atoms with van der Waals surface area (Å²) in [6.45, 7) is 4.30. The van der Waals surface area contributed by atoms with E-state index in [2.05, 4.69) is 22.5 Å². The van der Waals surface area contributed by atoms with Gasteiger partial charge in [0.1, 0.15) is 0 Å². The molecule has 1 aliphatic rings. The van der Waals surface area contributed by atoms with Gasteiger partial charge in [-0.2, -0.15) is 0 Å². The van der Waals surface area contributed by atoms with Crippen molar-refractivity contribution in [2.24, 2.45) is 10.9 Å².